The Balaban J connectivity index is 2.10. The lowest BCUT2D eigenvalue weighted by atomic mass is 10.1. The summed E-state index contributed by atoms with van der Waals surface area (Å²) in [7, 11) is 1.60. The minimum Gasteiger partial charge on any atom is -0.508 e. The van der Waals surface area contributed by atoms with Gasteiger partial charge in [-0.3, -0.25) is 0 Å². The van der Waals surface area contributed by atoms with Crippen LogP contribution < -0.4 is 15.2 Å². The number of rotatable bonds is 5. The van der Waals surface area contributed by atoms with Gasteiger partial charge in [-0.1, -0.05) is 18.2 Å². The number of hydrogen-bond donors (Lipinski definition) is 2. The van der Waals surface area contributed by atoms with Gasteiger partial charge in [-0.2, -0.15) is 0 Å². The Hall–Kier alpha value is -2.20. The molecule has 106 valence electrons. The van der Waals surface area contributed by atoms with Crippen LogP contribution in [-0.2, 0) is 6.61 Å². The average molecular weight is 273 g/mol. The molecule has 1 atom stereocenters. The van der Waals surface area contributed by atoms with Crippen molar-refractivity contribution in [3.63, 3.8) is 0 Å². The lowest BCUT2D eigenvalue weighted by Crippen LogP contribution is -2.05. The molecular weight excluding hydrogens is 254 g/mol. The van der Waals surface area contributed by atoms with Crippen LogP contribution in [0.2, 0.25) is 0 Å². The van der Waals surface area contributed by atoms with Gasteiger partial charge in [-0.05, 0) is 42.3 Å². The van der Waals surface area contributed by atoms with E-state index in [1.54, 1.807) is 19.2 Å². The molecule has 2 rings (SSSR count). The first-order valence-electron chi connectivity index (χ1n) is 6.44. The molecule has 0 unspecified atom stereocenters. The highest BCUT2D eigenvalue weighted by atomic mass is 16.5. The number of phenols is 1. The first kappa shape index (κ1) is 14.2. The van der Waals surface area contributed by atoms with E-state index in [0.717, 1.165) is 11.1 Å². The van der Waals surface area contributed by atoms with Crippen molar-refractivity contribution in [1.29, 1.82) is 0 Å². The molecule has 4 heteroatoms. The minimum absolute atomic E-state index is 0.0463. The Bertz CT molecular complexity index is 564. The Morgan fingerprint density at radius 3 is 2.40 bits per heavy atom. The molecule has 0 amide bonds. The Labute approximate surface area is 118 Å². The molecular formula is C16H19NO3. The topological polar surface area (TPSA) is 64.7 Å². The van der Waals surface area contributed by atoms with Gasteiger partial charge in [-0.25, -0.2) is 0 Å². The van der Waals surface area contributed by atoms with Crippen molar-refractivity contribution < 1.29 is 14.6 Å². The molecule has 0 aliphatic heterocycles. The molecule has 0 bridgehead atoms. The zero-order valence-corrected chi connectivity index (χ0v) is 11.7. The molecule has 0 aromatic heterocycles. The second-order valence-electron chi connectivity index (χ2n) is 4.65. The summed E-state index contributed by atoms with van der Waals surface area (Å²) in [5, 5.41) is 9.23. The number of hydrogen-bond acceptors (Lipinski definition) is 4. The quantitative estimate of drug-likeness (QED) is 0.879. The fourth-order valence-corrected chi connectivity index (χ4v) is 1.84. The van der Waals surface area contributed by atoms with Crippen molar-refractivity contribution in [3.05, 3.63) is 53.6 Å². The molecule has 4 nitrogen and oxygen atoms in total. The molecule has 0 heterocycles. The third kappa shape index (κ3) is 3.42. The van der Waals surface area contributed by atoms with E-state index in [9.17, 15) is 5.11 Å². The number of ether oxygens (including phenoxy) is 2. The van der Waals surface area contributed by atoms with Gasteiger partial charge in [0.2, 0.25) is 0 Å². The molecule has 2 aromatic carbocycles. The molecule has 0 fully saturated rings. The molecule has 3 N–H and O–H groups in total. The lowest BCUT2D eigenvalue weighted by Gasteiger charge is -2.13. The van der Waals surface area contributed by atoms with Gasteiger partial charge >= 0.3 is 0 Å². The smallest absolute Gasteiger partial charge is 0.161 e. The number of aromatic hydroxyl groups is 1. The van der Waals surface area contributed by atoms with E-state index >= 15 is 0 Å². The Kier molecular flexibility index (Phi) is 4.48. The summed E-state index contributed by atoms with van der Waals surface area (Å²) in [5.74, 6) is 1.58. The largest absolute Gasteiger partial charge is 0.508 e. The van der Waals surface area contributed by atoms with Crippen LogP contribution in [0.1, 0.15) is 24.1 Å². The maximum atomic E-state index is 9.23. The fraction of sp³-hybridized carbons (Fsp3) is 0.250. The van der Waals surface area contributed by atoms with Crippen molar-refractivity contribution in [2.75, 3.05) is 7.11 Å². The van der Waals surface area contributed by atoms with Gasteiger partial charge in [0.15, 0.2) is 11.5 Å². The number of benzene rings is 2. The first-order chi connectivity index (χ1) is 9.60. The maximum absolute atomic E-state index is 9.23. The van der Waals surface area contributed by atoms with E-state index in [-0.39, 0.29) is 11.8 Å². The molecule has 0 saturated carbocycles. The van der Waals surface area contributed by atoms with Crippen LogP contribution in [-0.4, -0.2) is 12.2 Å². The van der Waals surface area contributed by atoms with Crippen molar-refractivity contribution in [3.8, 4) is 17.2 Å². The number of nitrogens with two attached hydrogens (primary N) is 1. The van der Waals surface area contributed by atoms with Crippen LogP contribution in [0.5, 0.6) is 17.2 Å². The van der Waals surface area contributed by atoms with Crippen LogP contribution >= 0.6 is 0 Å². The van der Waals surface area contributed by atoms with Crippen molar-refractivity contribution in [2.24, 2.45) is 5.73 Å². The van der Waals surface area contributed by atoms with Crippen LogP contribution in [0, 0.1) is 0 Å². The van der Waals surface area contributed by atoms with Crippen molar-refractivity contribution >= 4 is 0 Å². The zero-order chi connectivity index (χ0) is 14.5. The van der Waals surface area contributed by atoms with Gasteiger partial charge in [0.25, 0.3) is 0 Å². The van der Waals surface area contributed by atoms with E-state index in [1.165, 1.54) is 0 Å². The summed E-state index contributed by atoms with van der Waals surface area (Å²) in [6.07, 6.45) is 0. The highest BCUT2D eigenvalue weighted by Crippen LogP contribution is 2.30. The van der Waals surface area contributed by atoms with Crippen LogP contribution in [0.15, 0.2) is 42.5 Å². The fourth-order valence-electron chi connectivity index (χ4n) is 1.84. The second-order valence-corrected chi connectivity index (χ2v) is 4.65. The SMILES string of the molecule is COc1cc([C@@H](C)N)ccc1OCc1ccc(O)cc1. The van der Waals surface area contributed by atoms with Gasteiger partial charge in [-0.15, -0.1) is 0 Å². The normalized spacial score (nSPS) is 11.9. The third-order valence-electron chi connectivity index (χ3n) is 3.04. The summed E-state index contributed by atoms with van der Waals surface area (Å²) < 4.78 is 11.1. The van der Waals surface area contributed by atoms with Gasteiger partial charge in [0.05, 0.1) is 7.11 Å². The molecule has 0 spiro atoms. The molecule has 20 heavy (non-hydrogen) atoms. The zero-order valence-electron chi connectivity index (χ0n) is 11.7. The molecule has 0 saturated heterocycles. The van der Waals surface area contributed by atoms with Gasteiger partial charge in [0, 0.05) is 6.04 Å². The van der Waals surface area contributed by atoms with Crippen molar-refractivity contribution in [2.45, 2.75) is 19.6 Å². The Morgan fingerprint density at radius 1 is 1.10 bits per heavy atom. The van der Waals surface area contributed by atoms with E-state index < -0.39 is 0 Å². The molecule has 0 aliphatic carbocycles. The predicted octanol–water partition coefficient (Wildman–Crippen LogP) is 3.00. The van der Waals surface area contributed by atoms with Crippen LogP contribution in [0.25, 0.3) is 0 Å². The summed E-state index contributed by atoms with van der Waals surface area (Å²) in [4.78, 5) is 0. The average Bonchev–Trinajstić information content (AvgIpc) is 2.46. The number of methoxy groups -OCH3 is 1. The van der Waals surface area contributed by atoms with E-state index in [1.807, 2.05) is 37.3 Å². The van der Waals surface area contributed by atoms with Crippen molar-refractivity contribution in [1.82, 2.24) is 0 Å². The Morgan fingerprint density at radius 2 is 1.80 bits per heavy atom. The summed E-state index contributed by atoms with van der Waals surface area (Å²) in [5.41, 5.74) is 7.82. The van der Waals surface area contributed by atoms with E-state index in [0.29, 0.717) is 18.1 Å². The third-order valence-corrected chi connectivity index (χ3v) is 3.04. The maximum Gasteiger partial charge on any atom is 0.161 e. The summed E-state index contributed by atoms with van der Waals surface area (Å²) >= 11 is 0. The first-order valence-corrected chi connectivity index (χ1v) is 6.44. The van der Waals surface area contributed by atoms with Crippen LogP contribution in [0.4, 0.5) is 0 Å². The van der Waals surface area contributed by atoms with E-state index in [4.69, 9.17) is 15.2 Å². The predicted molar refractivity (Wildman–Crippen MR) is 78.0 cm³/mol. The standard InChI is InChI=1S/C16H19NO3/c1-11(17)13-5-8-15(16(9-13)19-2)20-10-12-3-6-14(18)7-4-12/h3-9,11,18H,10,17H2,1-2H3/t11-/m1/s1. The summed E-state index contributed by atoms with van der Waals surface area (Å²) in [6.45, 7) is 2.33. The monoisotopic (exact) mass is 273 g/mol. The molecule has 0 radical (unpaired) electrons. The highest BCUT2D eigenvalue weighted by Gasteiger charge is 2.08. The molecule has 2 aromatic rings. The number of phenolic OH excluding ortho intramolecular Hbond substituents is 1. The van der Waals surface area contributed by atoms with Crippen LogP contribution in [0.3, 0.4) is 0 Å². The lowest BCUT2D eigenvalue weighted by molar-refractivity contribution is 0.284. The highest BCUT2D eigenvalue weighted by molar-refractivity contribution is 5.43. The minimum atomic E-state index is -0.0463. The second kappa shape index (κ2) is 6.30. The molecule has 0 aliphatic rings. The van der Waals surface area contributed by atoms with Gasteiger partial charge in [0.1, 0.15) is 12.4 Å². The summed E-state index contributed by atoms with van der Waals surface area (Å²) in [6, 6.07) is 12.5. The van der Waals surface area contributed by atoms with Gasteiger partial charge < -0.3 is 20.3 Å². The van der Waals surface area contributed by atoms with E-state index in [2.05, 4.69) is 0 Å².